The molecule has 1 aliphatic rings. The zero-order chi connectivity index (χ0) is 16.3. The topological polar surface area (TPSA) is 73.9 Å². The molecule has 0 spiro atoms. The van der Waals surface area contributed by atoms with Crippen molar-refractivity contribution in [2.45, 2.75) is 31.6 Å². The molecule has 0 bridgehead atoms. The molecule has 0 saturated carbocycles. The number of methoxy groups -OCH3 is 2. The van der Waals surface area contributed by atoms with Gasteiger partial charge in [-0.05, 0) is 37.5 Å². The third-order valence-electron chi connectivity index (χ3n) is 3.97. The first-order valence-electron chi connectivity index (χ1n) is 7.21. The van der Waals surface area contributed by atoms with Gasteiger partial charge in [0.1, 0.15) is 5.25 Å². The van der Waals surface area contributed by atoms with Gasteiger partial charge >= 0.3 is 0 Å². The van der Waals surface area contributed by atoms with Crippen LogP contribution >= 0.6 is 0 Å². The molecule has 2 unspecified atom stereocenters. The summed E-state index contributed by atoms with van der Waals surface area (Å²) < 4.78 is 43.2. The Morgan fingerprint density at radius 1 is 1.32 bits per heavy atom. The Hall–Kier alpha value is -1.31. The molecule has 2 rings (SSSR count). The van der Waals surface area contributed by atoms with Crippen LogP contribution in [0.15, 0.2) is 12.1 Å². The molecule has 0 aliphatic carbocycles. The lowest BCUT2D eigenvalue weighted by molar-refractivity contribution is 0.198. The summed E-state index contributed by atoms with van der Waals surface area (Å²) in [5.74, 6) is 1.25. The fourth-order valence-corrected chi connectivity index (χ4v) is 4.22. The van der Waals surface area contributed by atoms with Crippen molar-refractivity contribution in [3.63, 3.8) is 0 Å². The number of benzene rings is 1. The minimum Gasteiger partial charge on any atom is -0.493 e. The maximum absolute atomic E-state index is 12.4. The van der Waals surface area contributed by atoms with Crippen LogP contribution in [0, 0.1) is 6.92 Å². The van der Waals surface area contributed by atoms with Crippen LogP contribution in [0.1, 0.15) is 30.5 Å². The molecule has 7 heteroatoms. The van der Waals surface area contributed by atoms with Gasteiger partial charge in [0.2, 0.25) is 10.0 Å². The van der Waals surface area contributed by atoms with Gasteiger partial charge in [-0.1, -0.05) is 6.07 Å². The second kappa shape index (κ2) is 6.85. The second-order valence-electron chi connectivity index (χ2n) is 5.39. The lowest BCUT2D eigenvalue weighted by Gasteiger charge is -2.21. The van der Waals surface area contributed by atoms with Gasteiger partial charge in [-0.3, -0.25) is 0 Å². The number of ether oxygens (including phenoxy) is 3. The number of hydrogen-bond donors (Lipinski definition) is 1. The monoisotopic (exact) mass is 329 g/mol. The Morgan fingerprint density at radius 2 is 2.05 bits per heavy atom. The predicted molar refractivity (Wildman–Crippen MR) is 84.0 cm³/mol. The number of sulfonamides is 1. The van der Waals surface area contributed by atoms with Crippen molar-refractivity contribution in [3.05, 3.63) is 23.3 Å². The molecule has 1 aliphatic heterocycles. The molecule has 1 N–H and O–H groups in total. The third kappa shape index (κ3) is 3.37. The first-order valence-corrected chi connectivity index (χ1v) is 8.75. The van der Waals surface area contributed by atoms with E-state index in [0.29, 0.717) is 24.5 Å². The highest BCUT2D eigenvalue weighted by Gasteiger charge is 2.31. The Balaban J connectivity index is 2.24. The Morgan fingerprint density at radius 3 is 2.59 bits per heavy atom. The fraction of sp³-hybridized carbons (Fsp3) is 0.600. The summed E-state index contributed by atoms with van der Waals surface area (Å²) in [4.78, 5) is 0. The molecule has 1 fully saturated rings. The molecule has 124 valence electrons. The summed E-state index contributed by atoms with van der Waals surface area (Å²) in [6.45, 7) is 4.46. The van der Waals surface area contributed by atoms with Crippen molar-refractivity contribution < 1.29 is 22.6 Å². The van der Waals surface area contributed by atoms with Crippen LogP contribution in [-0.4, -0.2) is 41.1 Å². The van der Waals surface area contributed by atoms with Crippen molar-refractivity contribution in [2.75, 3.05) is 27.4 Å². The van der Waals surface area contributed by atoms with E-state index in [0.717, 1.165) is 11.1 Å². The van der Waals surface area contributed by atoms with Gasteiger partial charge in [-0.2, -0.15) is 0 Å². The molecule has 2 atom stereocenters. The van der Waals surface area contributed by atoms with Crippen molar-refractivity contribution in [1.29, 1.82) is 0 Å². The van der Waals surface area contributed by atoms with Crippen LogP contribution in [0.2, 0.25) is 0 Å². The van der Waals surface area contributed by atoms with Crippen molar-refractivity contribution in [2.24, 2.45) is 0 Å². The van der Waals surface area contributed by atoms with Crippen LogP contribution in [0.5, 0.6) is 11.5 Å². The van der Waals surface area contributed by atoms with Gasteiger partial charge in [-0.15, -0.1) is 0 Å². The van der Waals surface area contributed by atoms with E-state index in [1.54, 1.807) is 20.3 Å². The van der Waals surface area contributed by atoms with Crippen LogP contribution in [0.3, 0.4) is 0 Å². The maximum Gasteiger partial charge on any atom is 0.217 e. The maximum atomic E-state index is 12.4. The molecular weight excluding hydrogens is 306 g/mol. The average Bonchev–Trinajstić information content (AvgIpc) is 3.01. The van der Waals surface area contributed by atoms with Crippen LogP contribution in [-0.2, 0) is 14.8 Å². The Bertz CT molecular complexity index is 623. The molecule has 6 nitrogen and oxygen atoms in total. The Kier molecular flexibility index (Phi) is 5.31. The molecule has 1 heterocycles. The standard InChI is InChI=1S/C15H23NO5S/c1-10-13(5-6-14(19-3)15(10)20-4)11(2)16-22(17,18)12-7-8-21-9-12/h5-6,11-12,16H,7-9H2,1-4H3. The largest absolute Gasteiger partial charge is 0.493 e. The molecule has 1 aromatic carbocycles. The summed E-state index contributed by atoms with van der Waals surface area (Å²) in [7, 11) is -0.265. The van der Waals surface area contributed by atoms with Gasteiger partial charge in [0.15, 0.2) is 11.5 Å². The summed E-state index contributed by atoms with van der Waals surface area (Å²) in [6.07, 6.45) is 0.535. The minimum absolute atomic E-state index is 0.257. The molecule has 1 aromatic rings. The number of nitrogens with one attached hydrogen (secondary N) is 1. The predicted octanol–water partition coefficient (Wildman–Crippen LogP) is 1.78. The van der Waals surface area contributed by atoms with Crippen molar-refractivity contribution in [3.8, 4) is 11.5 Å². The lowest BCUT2D eigenvalue weighted by Crippen LogP contribution is -2.36. The summed E-state index contributed by atoms with van der Waals surface area (Å²) in [5.41, 5.74) is 1.72. The normalized spacial score (nSPS) is 19.9. The van der Waals surface area contributed by atoms with E-state index in [9.17, 15) is 8.42 Å². The molecule has 0 aromatic heterocycles. The van der Waals surface area contributed by atoms with Crippen LogP contribution in [0.4, 0.5) is 0 Å². The lowest BCUT2D eigenvalue weighted by atomic mass is 10.0. The van der Waals surface area contributed by atoms with Crippen LogP contribution < -0.4 is 14.2 Å². The zero-order valence-corrected chi connectivity index (χ0v) is 14.2. The first kappa shape index (κ1) is 17.1. The first-order chi connectivity index (χ1) is 10.4. The highest BCUT2D eigenvalue weighted by molar-refractivity contribution is 7.90. The SMILES string of the molecule is COc1ccc(C(C)NS(=O)(=O)C2CCOC2)c(C)c1OC. The fourth-order valence-electron chi connectivity index (χ4n) is 2.73. The van der Waals surface area contributed by atoms with Gasteiger partial charge in [0.05, 0.1) is 20.8 Å². The van der Waals surface area contributed by atoms with Gasteiger partial charge in [0.25, 0.3) is 0 Å². The molecule has 0 radical (unpaired) electrons. The van der Waals surface area contributed by atoms with Crippen molar-refractivity contribution >= 4 is 10.0 Å². The van der Waals surface area contributed by atoms with Gasteiger partial charge < -0.3 is 14.2 Å². The van der Waals surface area contributed by atoms with Gasteiger partial charge in [-0.25, -0.2) is 13.1 Å². The third-order valence-corrected chi connectivity index (χ3v) is 5.90. The quantitative estimate of drug-likeness (QED) is 0.861. The zero-order valence-electron chi connectivity index (χ0n) is 13.4. The molecule has 22 heavy (non-hydrogen) atoms. The average molecular weight is 329 g/mol. The van der Waals surface area contributed by atoms with Gasteiger partial charge in [0, 0.05) is 12.6 Å². The van der Waals surface area contributed by atoms with E-state index in [4.69, 9.17) is 14.2 Å². The smallest absolute Gasteiger partial charge is 0.217 e. The van der Waals surface area contributed by atoms with Crippen LogP contribution in [0.25, 0.3) is 0 Å². The van der Waals surface area contributed by atoms with E-state index in [1.165, 1.54) is 0 Å². The minimum atomic E-state index is -3.41. The van der Waals surface area contributed by atoms with E-state index in [2.05, 4.69) is 4.72 Å². The molecular formula is C15H23NO5S. The highest BCUT2D eigenvalue weighted by Crippen LogP contribution is 2.35. The molecule has 0 amide bonds. The Labute approximate surface area is 131 Å². The number of hydrogen-bond acceptors (Lipinski definition) is 5. The van der Waals surface area contributed by atoms with Crippen molar-refractivity contribution in [1.82, 2.24) is 4.72 Å². The second-order valence-corrected chi connectivity index (χ2v) is 7.38. The highest BCUT2D eigenvalue weighted by atomic mass is 32.2. The summed E-state index contributed by atoms with van der Waals surface area (Å²) in [6, 6.07) is 3.28. The van der Waals surface area contributed by atoms with E-state index < -0.39 is 15.3 Å². The van der Waals surface area contributed by atoms with E-state index in [-0.39, 0.29) is 12.6 Å². The summed E-state index contributed by atoms with van der Waals surface area (Å²) in [5, 5.41) is -0.476. The molecule has 1 saturated heterocycles. The van der Waals surface area contributed by atoms with E-state index in [1.807, 2.05) is 19.9 Å². The number of rotatable bonds is 6. The summed E-state index contributed by atoms with van der Waals surface area (Å²) >= 11 is 0. The van der Waals surface area contributed by atoms with E-state index >= 15 is 0 Å².